The summed E-state index contributed by atoms with van der Waals surface area (Å²) in [6.45, 7) is 0.959. The van der Waals surface area contributed by atoms with Crippen molar-refractivity contribution in [1.82, 2.24) is 4.90 Å². The van der Waals surface area contributed by atoms with Gasteiger partial charge in [0.25, 0.3) is 0 Å². The minimum absolute atomic E-state index is 0.0627. The third kappa shape index (κ3) is 3.05. The van der Waals surface area contributed by atoms with Crippen molar-refractivity contribution in [3.8, 4) is 6.07 Å². The summed E-state index contributed by atoms with van der Waals surface area (Å²) in [5.41, 5.74) is 1.66. The fraction of sp³-hybridized carbons (Fsp3) is 0.348. The van der Waals surface area contributed by atoms with Crippen molar-refractivity contribution < 1.29 is 9.59 Å². The van der Waals surface area contributed by atoms with E-state index in [0.29, 0.717) is 24.3 Å². The number of benzene rings is 2. The van der Waals surface area contributed by atoms with Gasteiger partial charge in [0.05, 0.1) is 16.7 Å². The van der Waals surface area contributed by atoms with Crippen LogP contribution in [0.25, 0.3) is 0 Å². The Balaban J connectivity index is 1.56. The summed E-state index contributed by atoms with van der Waals surface area (Å²) in [5, 5.41) is 9.33. The summed E-state index contributed by atoms with van der Waals surface area (Å²) in [5.74, 6) is -0.0683. The highest BCUT2D eigenvalue weighted by Crippen LogP contribution is 2.42. The van der Waals surface area contributed by atoms with E-state index in [1.54, 1.807) is 28.0 Å². The number of amides is 2. The van der Waals surface area contributed by atoms with Gasteiger partial charge in [-0.15, -0.1) is 0 Å². The van der Waals surface area contributed by atoms with Gasteiger partial charge in [-0.05, 0) is 30.5 Å². The summed E-state index contributed by atoms with van der Waals surface area (Å²) < 4.78 is 0. The van der Waals surface area contributed by atoms with Crippen molar-refractivity contribution in [2.45, 2.75) is 31.1 Å². The number of hydrogen-bond acceptors (Lipinski definition) is 3. The van der Waals surface area contributed by atoms with E-state index in [0.717, 1.165) is 31.2 Å². The van der Waals surface area contributed by atoms with Gasteiger partial charge in [-0.2, -0.15) is 5.26 Å². The molecule has 5 heteroatoms. The van der Waals surface area contributed by atoms with Gasteiger partial charge in [-0.25, -0.2) is 0 Å². The number of piperazine rings is 1. The molecule has 1 aliphatic carbocycles. The van der Waals surface area contributed by atoms with Crippen molar-refractivity contribution in [3.05, 3.63) is 65.7 Å². The van der Waals surface area contributed by atoms with Gasteiger partial charge >= 0.3 is 0 Å². The first kappa shape index (κ1) is 18.2. The molecule has 2 fully saturated rings. The maximum absolute atomic E-state index is 13.5. The molecule has 0 unspecified atom stereocenters. The lowest BCUT2D eigenvalue weighted by Gasteiger charge is -2.39. The molecule has 1 saturated heterocycles. The van der Waals surface area contributed by atoms with E-state index >= 15 is 0 Å². The van der Waals surface area contributed by atoms with E-state index in [2.05, 4.69) is 6.07 Å². The number of rotatable bonds is 3. The molecular formula is C23H23N3O2. The highest BCUT2D eigenvalue weighted by atomic mass is 16.2. The number of anilines is 1. The van der Waals surface area contributed by atoms with Crippen LogP contribution in [0.5, 0.6) is 0 Å². The Kier molecular flexibility index (Phi) is 4.87. The number of nitrogens with zero attached hydrogens (tertiary/aromatic N) is 3. The molecule has 2 aromatic carbocycles. The Morgan fingerprint density at radius 3 is 2.32 bits per heavy atom. The zero-order valence-corrected chi connectivity index (χ0v) is 15.8. The molecule has 1 heterocycles. The minimum atomic E-state index is -0.506. The van der Waals surface area contributed by atoms with Gasteiger partial charge in [-0.3, -0.25) is 9.59 Å². The molecule has 0 aromatic heterocycles. The maximum Gasteiger partial charge on any atom is 0.246 e. The number of para-hydroxylation sites is 1. The fourth-order valence-corrected chi connectivity index (χ4v) is 4.57. The largest absolute Gasteiger partial charge is 0.331 e. The van der Waals surface area contributed by atoms with Crippen molar-refractivity contribution in [2.24, 2.45) is 0 Å². The molecule has 0 spiro atoms. The molecule has 5 nitrogen and oxygen atoms in total. The van der Waals surface area contributed by atoms with Crippen LogP contribution in [0.2, 0.25) is 0 Å². The second kappa shape index (κ2) is 7.47. The zero-order chi connectivity index (χ0) is 19.6. The van der Waals surface area contributed by atoms with Crippen LogP contribution in [0.4, 0.5) is 5.69 Å². The third-order valence-electron chi connectivity index (χ3n) is 6.02. The smallest absolute Gasteiger partial charge is 0.246 e. The first-order chi connectivity index (χ1) is 13.7. The number of carbonyl (C=O) groups excluding carboxylic acids is 2. The lowest BCUT2D eigenvalue weighted by molar-refractivity contribution is -0.141. The molecule has 1 aliphatic heterocycles. The molecule has 0 N–H and O–H groups in total. The quantitative estimate of drug-likeness (QED) is 0.830. The summed E-state index contributed by atoms with van der Waals surface area (Å²) in [7, 11) is 0. The van der Waals surface area contributed by atoms with Crippen LogP contribution in [0.1, 0.15) is 36.8 Å². The van der Waals surface area contributed by atoms with Crippen LogP contribution in [0.3, 0.4) is 0 Å². The monoisotopic (exact) mass is 373 g/mol. The van der Waals surface area contributed by atoms with E-state index in [9.17, 15) is 14.9 Å². The maximum atomic E-state index is 13.5. The Hall–Kier alpha value is -3.13. The van der Waals surface area contributed by atoms with Crippen LogP contribution < -0.4 is 4.90 Å². The van der Waals surface area contributed by atoms with Crippen LogP contribution in [0.15, 0.2) is 54.6 Å². The van der Waals surface area contributed by atoms with Gasteiger partial charge in [0.1, 0.15) is 12.6 Å². The second-order valence-electron chi connectivity index (χ2n) is 7.56. The Labute approximate surface area is 165 Å². The van der Waals surface area contributed by atoms with E-state index in [1.807, 2.05) is 36.4 Å². The van der Waals surface area contributed by atoms with E-state index in [-0.39, 0.29) is 18.4 Å². The summed E-state index contributed by atoms with van der Waals surface area (Å²) in [4.78, 5) is 29.7. The highest BCUT2D eigenvalue weighted by molar-refractivity contribution is 6.00. The van der Waals surface area contributed by atoms with E-state index in [1.165, 1.54) is 0 Å². The number of carbonyl (C=O) groups is 2. The third-order valence-corrected chi connectivity index (χ3v) is 6.02. The minimum Gasteiger partial charge on any atom is -0.331 e. The molecule has 4 rings (SSSR count). The van der Waals surface area contributed by atoms with Crippen molar-refractivity contribution >= 4 is 17.5 Å². The zero-order valence-electron chi connectivity index (χ0n) is 15.8. The molecule has 2 aliphatic rings. The molecule has 0 radical (unpaired) electrons. The molecule has 28 heavy (non-hydrogen) atoms. The van der Waals surface area contributed by atoms with Crippen molar-refractivity contribution in [2.75, 3.05) is 24.5 Å². The standard InChI is InChI=1S/C23H23N3O2/c24-16-18-8-4-5-11-20(18)26-15-14-25(17-21(26)27)22(28)23(12-6-7-13-23)19-9-2-1-3-10-19/h1-5,8-11H,6-7,12-15,17H2. The molecular weight excluding hydrogens is 350 g/mol. The van der Waals surface area contributed by atoms with Crippen molar-refractivity contribution in [3.63, 3.8) is 0 Å². The topological polar surface area (TPSA) is 64.4 Å². The van der Waals surface area contributed by atoms with Gasteiger partial charge in [0.15, 0.2) is 0 Å². The number of nitriles is 1. The van der Waals surface area contributed by atoms with Gasteiger partial charge in [0, 0.05) is 13.1 Å². The lowest BCUT2D eigenvalue weighted by atomic mass is 9.77. The molecule has 142 valence electrons. The van der Waals surface area contributed by atoms with Gasteiger partial charge < -0.3 is 9.80 Å². The van der Waals surface area contributed by atoms with E-state index in [4.69, 9.17) is 0 Å². The normalized spacial score (nSPS) is 18.8. The molecule has 0 bridgehead atoms. The Morgan fingerprint density at radius 1 is 0.964 bits per heavy atom. The number of hydrogen-bond donors (Lipinski definition) is 0. The fourth-order valence-electron chi connectivity index (χ4n) is 4.57. The lowest BCUT2D eigenvalue weighted by Crippen LogP contribution is -2.56. The van der Waals surface area contributed by atoms with Crippen LogP contribution in [-0.2, 0) is 15.0 Å². The molecule has 0 atom stereocenters. The van der Waals surface area contributed by atoms with Crippen LogP contribution in [0, 0.1) is 11.3 Å². The predicted octanol–water partition coefficient (Wildman–Crippen LogP) is 3.25. The van der Waals surface area contributed by atoms with Gasteiger partial charge in [-0.1, -0.05) is 55.3 Å². The average molecular weight is 373 g/mol. The van der Waals surface area contributed by atoms with Crippen LogP contribution in [-0.4, -0.2) is 36.3 Å². The first-order valence-electron chi connectivity index (χ1n) is 9.80. The van der Waals surface area contributed by atoms with E-state index < -0.39 is 5.41 Å². The predicted molar refractivity (Wildman–Crippen MR) is 107 cm³/mol. The second-order valence-corrected chi connectivity index (χ2v) is 7.56. The average Bonchev–Trinajstić information content (AvgIpc) is 3.25. The Bertz CT molecular complexity index is 926. The summed E-state index contributed by atoms with van der Waals surface area (Å²) >= 11 is 0. The molecule has 1 saturated carbocycles. The van der Waals surface area contributed by atoms with Crippen molar-refractivity contribution in [1.29, 1.82) is 5.26 Å². The first-order valence-corrected chi connectivity index (χ1v) is 9.80. The SMILES string of the molecule is N#Cc1ccccc1N1CCN(C(=O)C2(c3ccccc3)CCCC2)CC1=O. The molecule has 2 amide bonds. The van der Waals surface area contributed by atoms with Gasteiger partial charge in [0.2, 0.25) is 11.8 Å². The Morgan fingerprint density at radius 2 is 1.64 bits per heavy atom. The highest BCUT2D eigenvalue weighted by Gasteiger charge is 2.46. The van der Waals surface area contributed by atoms with Crippen LogP contribution >= 0.6 is 0 Å². The summed E-state index contributed by atoms with van der Waals surface area (Å²) in [6.07, 6.45) is 3.73. The molecule has 2 aromatic rings. The summed E-state index contributed by atoms with van der Waals surface area (Å²) in [6, 6.07) is 19.2.